The van der Waals surface area contributed by atoms with Crippen molar-refractivity contribution >= 4 is 11.9 Å². The van der Waals surface area contributed by atoms with E-state index in [1.54, 1.807) is 13.0 Å². The highest BCUT2D eigenvalue weighted by molar-refractivity contribution is 5.86. The predicted octanol–water partition coefficient (Wildman–Crippen LogP) is 0.623. The summed E-state index contributed by atoms with van der Waals surface area (Å²) in [6.07, 6.45) is 0. The summed E-state index contributed by atoms with van der Waals surface area (Å²) in [7, 11) is 0. The van der Waals surface area contributed by atoms with Gasteiger partial charge < -0.3 is 19.6 Å². The standard InChI is InChI=1S/C14H20N2O5/c1-3-15-13(17)11-8-20-5-4-16(11)7-10-6-9(2)12(21-10)14(18)19/h6,11H,3-5,7-8H2,1-2H3,(H,15,17)(H,18,19). The fourth-order valence-electron chi connectivity index (χ4n) is 2.40. The van der Waals surface area contributed by atoms with Crippen LogP contribution in [-0.4, -0.2) is 54.2 Å². The lowest BCUT2D eigenvalue weighted by atomic mass is 10.2. The number of hydrogen-bond acceptors (Lipinski definition) is 5. The Morgan fingerprint density at radius 2 is 2.29 bits per heavy atom. The molecule has 7 nitrogen and oxygen atoms in total. The van der Waals surface area contributed by atoms with Crippen molar-refractivity contribution in [3.63, 3.8) is 0 Å². The first kappa shape index (κ1) is 15.5. The summed E-state index contributed by atoms with van der Waals surface area (Å²) < 4.78 is 10.7. The monoisotopic (exact) mass is 296 g/mol. The quantitative estimate of drug-likeness (QED) is 0.827. The van der Waals surface area contributed by atoms with E-state index in [1.165, 1.54) is 0 Å². The van der Waals surface area contributed by atoms with Crippen LogP contribution in [0.2, 0.25) is 0 Å². The zero-order valence-corrected chi connectivity index (χ0v) is 12.2. The van der Waals surface area contributed by atoms with Crippen molar-refractivity contribution in [2.24, 2.45) is 0 Å². The van der Waals surface area contributed by atoms with Crippen LogP contribution in [0.4, 0.5) is 0 Å². The Morgan fingerprint density at radius 3 is 2.90 bits per heavy atom. The number of likely N-dealkylation sites (N-methyl/N-ethyl adjacent to an activating group) is 1. The van der Waals surface area contributed by atoms with E-state index in [2.05, 4.69) is 5.32 Å². The molecule has 1 saturated heterocycles. The fraction of sp³-hybridized carbons (Fsp3) is 0.571. The molecule has 1 unspecified atom stereocenters. The van der Waals surface area contributed by atoms with E-state index in [0.29, 0.717) is 44.2 Å². The molecule has 1 atom stereocenters. The second-order valence-corrected chi connectivity index (χ2v) is 4.99. The van der Waals surface area contributed by atoms with Gasteiger partial charge in [-0.2, -0.15) is 0 Å². The van der Waals surface area contributed by atoms with Gasteiger partial charge in [0.1, 0.15) is 11.8 Å². The average Bonchev–Trinajstić information content (AvgIpc) is 2.80. The van der Waals surface area contributed by atoms with E-state index in [1.807, 2.05) is 11.8 Å². The highest BCUT2D eigenvalue weighted by Gasteiger charge is 2.30. The molecular formula is C14H20N2O5. The molecule has 1 amide bonds. The van der Waals surface area contributed by atoms with E-state index in [0.717, 1.165) is 0 Å². The van der Waals surface area contributed by atoms with Crippen LogP contribution in [0.5, 0.6) is 0 Å². The Labute approximate surface area is 122 Å². The number of furan rings is 1. The zero-order valence-electron chi connectivity index (χ0n) is 12.2. The van der Waals surface area contributed by atoms with Gasteiger partial charge in [-0.25, -0.2) is 4.79 Å². The minimum absolute atomic E-state index is 0.0483. The van der Waals surface area contributed by atoms with Gasteiger partial charge in [-0.3, -0.25) is 9.69 Å². The summed E-state index contributed by atoms with van der Waals surface area (Å²) in [4.78, 5) is 25.0. The molecule has 0 spiro atoms. The third-order valence-electron chi connectivity index (χ3n) is 3.41. The molecule has 0 saturated carbocycles. The number of aryl methyl sites for hydroxylation is 1. The maximum Gasteiger partial charge on any atom is 0.372 e. The summed E-state index contributed by atoms with van der Waals surface area (Å²) in [6, 6.07) is 1.32. The lowest BCUT2D eigenvalue weighted by molar-refractivity contribution is -0.133. The number of nitrogens with zero attached hydrogens (tertiary/aromatic N) is 1. The normalized spacial score (nSPS) is 19.4. The van der Waals surface area contributed by atoms with Crippen molar-refractivity contribution in [2.75, 3.05) is 26.3 Å². The molecule has 1 aromatic rings. The van der Waals surface area contributed by atoms with Gasteiger partial charge in [0.15, 0.2) is 0 Å². The van der Waals surface area contributed by atoms with Crippen molar-refractivity contribution in [2.45, 2.75) is 26.4 Å². The smallest absolute Gasteiger partial charge is 0.372 e. The molecule has 0 aliphatic carbocycles. The topological polar surface area (TPSA) is 92.0 Å². The average molecular weight is 296 g/mol. The second kappa shape index (κ2) is 6.73. The first-order valence-corrected chi connectivity index (χ1v) is 6.95. The molecular weight excluding hydrogens is 276 g/mol. The molecule has 2 rings (SSSR count). The number of nitrogens with one attached hydrogen (secondary N) is 1. The molecule has 1 fully saturated rings. The maximum atomic E-state index is 12.0. The van der Waals surface area contributed by atoms with Crippen LogP contribution in [0.3, 0.4) is 0 Å². The summed E-state index contributed by atoms with van der Waals surface area (Å²) in [5.41, 5.74) is 0.584. The number of ether oxygens (including phenoxy) is 1. The van der Waals surface area contributed by atoms with Crippen molar-refractivity contribution in [3.8, 4) is 0 Å². The van der Waals surface area contributed by atoms with Crippen LogP contribution in [-0.2, 0) is 16.1 Å². The predicted molar refractivity (Wildman–Crippen MR) is 74.1 cm³/mol. The number of carbonyl (C=O) groups is 2. The minimum Gasteiger partial charge on any atom is -0.475 e. The highest BCUT2D eigenvalue weighted by atomic mass is 16.5. The number of amides is 1. The first-order chi connectivity index (χ1) is 10.0. The summed E-state index contributed by atoms with van der Waals surface area (Å²) in [5, 5.41) is 11.8. The Morgan fingerprint density at radius 1 is 1.52 bits per heavy atom. The van der Waals surface area contributed by atoms with Crippen LogP contribution in [0.25, 0.3) is 0 Å². The van der Waals surface area contributed by atoms with Gasteiger partial charge in [-0.1, -0.05) is 0 Å². The van der Waals surface area contributed by atoms with E-state index in [-0.39, 0.29) is 17.7 Å². The van der Waals surface area contributed by atoms with Gasteiger partial charge in [0, 0.05) is 18.7 Å². The van der Waals surface area contributed by atoms with E-state index in [9.17, 15) is 9.59 Å². The molecule has 1 aliphatic rings. The SMILES string of the molecule is CCNC(=O)C1COCCN1Cc1cc(C)c(C(=O)O)o1. The number of morpholine rings is 1. The first-order valence-electron chi connectivity index (χ1n) is 6.95. The fourth-order valence-corrected chi connectivity index (χ4v) is 2.40. The van der Waals surface area contributed by atoms with Gasteiger partial charge in [-0.05, 0) is 19.9 Å². The molecule has 7 heteroatoms. The molecule has 21 heavy (non-hydrogen) atoms. The molecule has 1 aliphatic heterocycles. The zero-order chi connectivity index (χ0) is 15.4. The summed E-state index contributed by atoms with van der Waals surface area (Å²) in [6.45, 7) is 5.98. The molecule has 0 bridgehead atoms. The van der Waals surface area contributed by atoms with Gasteiger partial charge >= 0.3 is 5.97 Å². The van der Waals surface area contributed by atoms with E-state index in [4.69, 9.17) is 14.3 Å². The largest absolute Gasteiger partial charge is 0.475 e. The third kappa shape index (κ3) is 3.62. The van der Waals surface area contributed by atoms with Gasteiger partial charge in [0.2, 0.25) is 11.7 Å². The molecule has 0 radical (unpaired) electrons. The van der Waals surface area contributed by atoms with Crippen LogP contribution in [0, 0.1) is 6.92 Å². The van der Waals surface area contributed by atoms with E-state index < -0.39 is 5.97 Å². The lowest BCUT2D eigenvalue weighted by Gasteiger charge is -2.33. The Balaban J connectivity index is 2.10. The van der Waals surface area contributed by atoms with Crippen molar-refractivity contribution in [3.05, 3.63) is 23.2 Å². The van der Waals surface area contributed by atoms with Crippen molar-refractivity contribution in [1.82, 2.24) is 10.2 Å². The highest BCUT2D eigenvalue weighted by Crippen LogP contribution is 2.19. The van der Waals surface area contributed by atoms with Crippen LogP contribution in [0.1, 0.15) is 28.8 Å². The van der Waals surface area contributed by atoms with Gasteiger partial charge in [0.05, 0.1) is 19.8 Å². The number of rotatable bonds is 5. The maximum absolute atomic E-state index is 12.0. The van der Waals surface area contributed by atoms with Crippen LogP contribution in [0.15, 0.2) is 10.5 Å². The second-order valence-electron chi connectivity index (χ2n) is 4.99. The van der Waals surface area contributed by atoms with Crippen LogP contribution < -0.4 is 5.32 Å². The molecule has 2 N–H and O–H groups in total. The number of carboxylic acid groups (broad SMARTS) is 1. The van der Waals surface area contributed by atoms with Crippen LogP contribution >= 0.6 is 0 Å². The lowest BCUT2D eigenvalue weighted by Crippen LogP contribution is -2.53. The molecule has 2 heterocycles. The summed E-state index contributed by atoms with van der Waals surface area (Å²) in [5.74, 6) is -0.672. The van der Waals surface area contributed by atoms with Crippen molar-refractivity contribution in [1.29, 1.82) is 0 Å². The van der Waals surface area contributed by atoms with E-state index >= 15 is 0 Å². The number of carboxylic acids is 1. The Hall–Kier alpha value is -1.86. The molecule has 116 valence electrons. The summed E-state index contributed by atoms with van der Waals surface area (Å²) >= 11 is 0. The Kier molecular flexibility index (Phi) is 4.98. The van der Waals surface area contributed by atoms with Gasteiger partial charge in [-0.15, -0.1) is 0 Å². The minimum atomic E-state index is -1.08. The van der Waals surface area contributed by atoms with Gasteiger partial charge in [0.25, 0.3) is 0 Å². The number of aromatic carboxylic acids is 1. The number of carbonyl (C=O) groups excluding carboxylic acids is 1. The van der Waals surface area contributed by atoms with Crippen molar-refractivity contribution < 1.29 is 23.8 Å². The molecule has 1 aromatic heterocycles. The molecule has 0 aromatic carbocycles. The Bertz CT molecular complexity index is 525. The number of hydrogen-bond donors (Lipinski definition) is 2. The third-order valence-corrected chi connectivity index (χ3v) is 3.41.